The first-order chi connectivity index (χ1) is 19.9. The number of aromatic carboxylic acids is 1. The van der Waals surface area contributed by atoms with E-state index in [1.807, 2.05) is 42.5 Å². The standard InChI is InChI=1S/C21H26O.C15H21FO3/c1-3-4-5-7-10-17(2)21(22)20-15-13-19(14-16-20)18-11-8-6-9-12-18;1-2-3-4-5-6-7-10-19-14-9-8-12(15(17)18)11-13(14)16/h6,8-9,11-17H,3-5,7,10H2,1-2H3;8-9,11H,2-7,10H2,1H3,(H,17,18). The number of carboxylic acids is 1. The molecule has 0 bridgehead atoms. The van der Waals surface area contributed by atoms with Crippen molar-refractivity contribution in [1.29, 1.82) is 0 Å². The lowest BCUT2D eigenvalue weighted by atomic mass is 9.93. The fourth-order valence-electron chi connectivity index (χ4n) is 4.57. The van der Waals surface area contributed by atoms with Crippen LogP contribution >= 0.6 is 0 Å². The van der Waals surface area contributed by atoms with Gasteiger partial charge in [-0.15, -0.1) is 0 Å². The highest BCUT2D eigenvalue weighted by molar-refractivity contribution is 5.98. The van der Waals surface area contributed by atoms with E-state index < -0.39 is 11.8 Å². The summed E-state index contributed by atoms with van der Waals surface area (Å²) in [5, 5.41) is 8.71. The third-order valence-corrected chi connectivity index (χ3v) is 7.15. The topological polar surface area (TPSA) is 63.6 Å². The molecule has 0 fully saturated rings. The molecular weight excluding hydrogens is 515 g/mol. The Morgan fingerprint density at radius 3 is 1.90 bits per heavy atom. The Hall–Kier alpha value is -3.47. The van der Waals surface area contributed by atoms with E-state index in [-0.39, 0.29) is 23.0 Å². The normalized spacial score (nSPS) is 11.3. The molecule has 0 aromatic heterocycles. The molecular formula is C36H47FO4. The number of carboxylic acid groups (broad SMARTS) is 1. The van der Waals surface area contributed by atoms with E-state index in [0.29, 0.717) is 6.61 Å². The van der Waals surface area contributed by atoms with Crippen LogP contribution in [0, 0.1) is 11.7 Å². The lowest BCUT2D eigenvalue weighted by molar-refractivity contribution is 0.0696. The van der Waals surface area contributed by atoms with Crippen LogP contribution in [0.15, 0.2) is 72.8 Å². The molecule has 3 rings (SSSR count). The van der Waals surface area contributed by atoms with Crippen molar-refractivity contribution in [3.63, 3.8) is 0 Å². The van der Waals surface area contributed by atoms with Crippen LogP contribution in [-0.4, -0.2) is 23.5 Å². The van der Waals surface area contributed by atoms with Gasteiger partial charge in [0.2, 0.25) is 0 Å². The van der Waals surface area contributed by atoms with Crippen LogP contribution in [0.1, 0.15) is 112 Å². The fraction of sp³-hybridized carbons (Fsp3) is 0.444. The van der Waals surface area contributed by atoms with Crippen LogP contribution in [0.25, 0.3) is 11.1 Å². The number of ketones is 1. The number of unbranched alkanes of at least 4 members (excludes halogenated alkanes) is 8. The molecule has 1 atom stereocenters. The van der Waals surface area contributed by atoms with Crippen molar-refractivity contribution in [3.05, 3.63) is 89.7 Å². The van der Waals surface area contributed by atoms with Gasteiger partial charge in [0.25, 0.3) is 0 Å². The molecule has 222 valence electrons. The third-order valence-electron chi connectivity index (χ3n) is 7.15. The molecule has 1 unspecified atom stereocenters. The zero-order valence-electron chi connectivity index (χ0n) is 25.0. The quantitative estimate of drug-likeness (QED) is 0.131. The van der Waals surface area contributed by atoms with Crippen molar-refractivity contribution in [3.8, 4) is 16.9 Å². The van der Waals surface area contributed by atoms with Gasteiger partial charge < -0.3 is 9.84 Å². The van der Waals surface area contributed by atoms with Crippen LogP contribution in [0.4, 0.5) is 4.39 Å². The average Bonchev–Trinajstić information content (AvgIpc) is 3.00. The van der Waals surface area contributed by atoms with E-state index >= 15 is 0 Å². The minimum atomic E-state index is -1.14. The van der Waals surface area contributed by atoms with Gasteiger partial charge in [0.15, 0.2) is 17.3 Å². The minimum Gasteiger partial charge on any atom is -0.491 e. The maximum Gasteiger partial charge on any atom is 0.335 e. The van der Waals surface area contributed by atoms with Crippen LogP contribution in [0.3, 0.4) is 0 Å². The van der Waals surface area contributed by atoms with E-state index in [4.69, 9.17) is 9.84 Å². The molecule has 3 aromatic carbocycles. The third kappa shape index (κ3) is 12.7. The van der Waals surface area contributed by atoms with Crippen molar-refractivity contribution >= 4 is 11.8 Å². The number of hydrogen-bond donors (Lipinski definition) is 1. The number of carbonyl (C=O) groups is 2. The van der Waals surface area contributed by atoms with Crippen molar-refractivity contribution < 1.29 is 23.8 Å². The summed E-state index contributed by atoms with van der Waals surface area (Å²) in [4.78, 5) is 23.1. The first kappa shape index (κ1) is 33.7. The molecule has 0 radical (unpaired) electrons. The summed E-state index contributed by atoms with van der Waals surface area (Å²) < 4.78 is 18.8. The molecule has 0 heterocycles. The van der Waals surface area contributed by atoms with Crippen molar-refractivity contribution in [2.75, 3.05) is 6.61 Å². The number of Topliss-reactive ketones (excluding diaryl/α,β-unsaturated/α-hetero) is 1. The largest absolute Gasteiger partial charge is 0.491 e. The predicted octanol–water partition coefficient (Wildman–Crippen LogP) is 10.4. The van der Waals surface area contributed by atoms with Gasteiger partial charge in [-0.2, -0.15) is 0 Å². The zero-order chi connectivity index (χ0) is 29.9. The summed E-state index contributed by atoms with van der Waals surface area (Å²) in [5.74, 6) is -1.23. The van der Waals surface area contributed by atoms with Crippen molar-refractivity contribution in [2.24, 2.45) is 5.92 Å². The lowest BCUT2D eigenvalue weighted by Gasteiger charge is -2.11. The molecule has 0 saturated heterocycles. The highest BCUT2D eigenvalue weighted by Gasteiger charge is 2.15. The number of rotatable bonds is 17. The molecule has 1 N–H and O–H groups in total. The Kier molecular flexibility index (Phi) is 16.1. The minimum absolute atomic E-state index is 0.0654. The number of carbonyl (C=O) groups excluding carboxylic acids is 1. The van der Waals surface area contributed by atoms with Gasteiger partial charge in [-0.3, -0.25) is 4.79 Å². The summed E-state index contributed by atoms with van der Waals surface area (Å²) in [6, 6.07) is 22.0. The van der Waals surface area contributed by atoms with Crippen LogP contribution < -0.4 is 4.74 Å². The van der Waals surface area contributed by atoms with Gasteiger partial charge >= 0.3 is 5.97 Å². The molecule has 0 spiro atoms. The number of ether oxygens (including phenoxy) is 1. The maximum atomic E-state index is 13.5. The Balaban J connectivity index is 0.000000290. The molecule has 0 aliphatic carbocycles. The van der Waals surface area contributed by atoms with Gasteiger partial charge in [-0.25, -0.2) is 9.18 Å². The predicted molar refractivity (Wildman–Crippen MR) is 166 cm³/mol. The zero-order valence-corrected chi connectivity index (χ0v) is 25.0. The van der Waals surface area contributed by atoms with Gasteiger partial charge in [0.1, 0.15) is 0 Å². The molecule has 41 heavy (non-hydrogen) atoms. The molecule has 0 aliphatic rings. The highest BCUT2D eigenvalue weighted by atomic mass is 19.1. The Labute approximate surface area is 246 Å². The smallest absolute Gasteiger partial charge is 0.335 e. The fourth-order valence-corrected chi connectivity index (χ4v) is 4.57. The van der Waals surface area contributed by atoms with Gasteiger partial charge in [0.05, 0.1) is 12.2 Å². The Morgan fingerprint density at radius 2 is 1.29 bits per heavy atom. The first-order valence-electron chi connectivity index (χ1n) is 15.2. The van der Waals surface area contributed by atoms with E-state index in [1.165, 1.54) is 62.6 Å². The number of benzene rings is 3. The summed E-state index contributed by atoms with van der Waals surface area (Å²) in [7, 11) is 0. The Morgan fingerprint density at radius 1 is 0.732 bits per heavy atom. The second-order valence-corrected chi connectivity index (χ2v) is 10.6. The van der Waals surface area contributed by atoms with Crippen molar-refractivity contribution in [2.45, 2.75) is 91.4 Å². The molecule has 3 aromatic rings. The molecule has 5 heteroatoms. The number of halogens is 1. The summed E-state index contributed by atoms with van der Waals surface area (Å²) >= 11 is 0. The van der Waals surface area contributed by atoms with Gasteiger partial charge in [0, 0.05) is 11.5 Å². The summed E-state index contributed by atoms with van der Waals surface area (Å²) in [6.45, 7) is 6.91. The number of hydrogen-bond acceptors (Lipinski definition) is 3. The SMILES string of the molecule is CCCCCCC(C)C(=O)c1ccc(-c2ccccc2)cc1.CCCCCCCCOc1ccc(C(=O)O)cc1F. The van der Waals surface area contributed by atoms with E-state index in [1.54, 1.807) is 0 Å². The molecule has 4 nitrogen and oxygen atoms in total. The van der Waals surface area contributed by atoms with Crippen LogP contribution in [0.5, 0.6) is 5.75 Å². The second kappa shape index (κ2) is 19.6. The lowest BCUT2D eigenvalue weighted by Crippen LogP contribution is -2.11. The van der Waals surface area contributed by atoms with Crippen molar-refractivity contribution in [1.82, 2.24) is 0 Å². The monoisotopic (exact) mass is 562 g/mol. The first-order valence-corrected chi connectivity index (χ1v) is 15.2. The Bertz CT molecular complexity index is 1160. The van der Waals surface area contributed by atoms with Crippen LogP contribution in [-0.2, 0) is 0 Å². The second-order valence-electron chi connectivity index (χ2n) is 10.6. The van der Waals surface area contributed by atoms with Crippen LogP contribution in [0.2, 0.25) is 0 Å². The maximum absolute atomic E-state index is 13.5. The molecule has 0 aliphatic heterocycles. The van der Waals surface area contributed by atoms with E-state index in [9.17, 15) is 14.0 Å². The molecule has 0 saturated carbocycles. The summed E-state index contributed by atoms with van der Waals surface area (Å²) in [6.07, 6.45) is 12.8. The van der Waals surface area contributed by atoms with E-state index in [2.05, 4.69) is 32.9 Å². The molecule has 0 amide bonds. The average molecular weight is 563 g/mol. The summed E-state index contributed by atoms with van der Waals surface area (Å²) in [5.41, 5.74) is 3.12. The van der Waals surface area contributed by atoms with E-state index in [0.717, 1.165) is 42.9 Å². The van der Waals surface area contributed by atoms with Gasteiger partial charge in [-0.05, 0) is 42.2 Å². The van der Waals surface area contributed by atoms with Gasteiger partial charge in [-0.1, -0.05) is 133 Å². The highest BCUT2D eigenvalue weighted by Crippen LogP contribution is 2.22.